The molecule has 1 atom stereocenters. The molecule has 0 aliphatic carbocycles. The van der Waals surface area contributed by atoms with Gasteiger partial charge in [-0.1, -0.05) is 6.42 Å². The van der Waals surface area contributed by atoms with E-state index in [-0.39, 0.29) is 0 Å². The number of imidazole rings is 1. The molecule has 5 nitrogen and oxygen atoms in total. The molecule has 1 N–H and O–H groups in total. The molecule has 2 aromatic rings. The second-order valence-electron chi connectivity index (χ2n) is 5.94. The van der Waals surface area contributed by atoms with Gasteiger partial charge in [0, 0.05) is 24.7 Å². The fourth-order valence-corrected chi connectivity index (χ4v) is 3.37. The Balaban J connectivity index is 1.60. The van der Waals surface area contributed by atoms with Crippen LogP contribution in [-0.4, -0.2) is 28.9 Å². The van der Waals surface area contributed by atoms with Crippen LogP contribution in [0.2, 0.25) is 0 Å². The third kappa shape index (κ3) is 2.35. The molecule has 0 bridgehead atoms. The SMILES string of the molecule is Cc1nc2cc3c(cc2n1CCC1CCCCN1)OCO3. The highest BCUT2D eigenvalue weighted by Crippen LogP contribution is 2.36. The van der Waals surface area contributed by atoms with E-state index < -0.39 is 0 Å². The van der Waals surface area contributed by atoms with Gasteiger partial charge >= 0.3 is 0 Å². The lowest BCUT2D eigenvalue weighted by atomic mass is 10.0. The molecule has 1 aromatic carbocycles. The summed E-state index contributed by atoms with van der Waals surface area (Å²) in [5, 5.41) is 3.61. The van der Waals surface area contributed by atoms with Gasteiger partial charge in [-0.15, -0.1) is 0 Å². The van der Waals surface area contributed by atoms with Gasteiger partial charge in [0.15, 0.2) is 11.5 Å². The van der Waals surface area contributed by atoms with Crippen LogP contribution in [0.4, 0.5) is 0 Å². The standard InChI is InChI=1S/C16H21N3O2/c1-11-18-13-8-15-16(21-10-20-15)9-14(13)19(11)7-5-12-4-2-3-6-17-12/h8-9,12,17H,2-7,10H2,1H3. The minimum Gasteiger partial charge on any atom is -0.454 e. The number of benzene rings is 1. The van der Waals surface area contributed by atoms with Crippen LogP contribution in [-0.2, 0) is 6.54 Å². The van der Waals surface area contributed by atoms with Crippen LogP contribution in [0.5, 0.6) is 11.5 Å². The first-order chi connectivity index (χ1) is 10.3. The molecule has 5 heteroatoms. The predicted molar refractivity (Wildman–Crippen MR) is 80.9 cm³/mol. The number of rotatable bonds is 3. The quantitative estimate of drug-likeness (QED) is 0.942. The van der Waals surface area contributed by atoms with Crippen molar-refractivity contribution in [2.24, 2.45) is 0 Å². The summed E-state index contributed by atoms with van der Waals surface area (Å²) in [6, 6.07) is 4.69. The molecule has 21 heavy (non-hydrogen) atoms. The van der Waals surface area contributed by atoms with Crippen molar-refractivity contribution in [3.8, 4) is 11.5 Å². The molecule has 0 saturated carbocycles. The molecule has 2 aliphatic rings. The van der Waals surface area contributed by atoms with Crippen LogP contribution >= 0.6 is 0 Å². The number of ether oxygens (including phenoxy) is 2. The fraction of sp³-hybridized carbons (Fsp3) is 0.562. The van der Waals surface area contributed by atoms with Gasteiger partial charge in [-0.25, -0.2) is 4.98 Å². The number of fused-ring (bicyclic) bond motifs is 2. The Morgan fingerprint density at radius 2 is 2.14 bits per heavy atom. The molecule has 2 aliphatic heterocycles. The number of hydrogen-bond acceptors (Lipinski definition) is 4. The molecule has 0 amide bonds. The van der Waals surface area contributed by atoms with Crippen LogP contribution in [0, 0.1) is 6.92 Å². The Labute approximate surface area is 124 Å². The van der Waals surface area contributed by atoms with E-state index >= 15 is 0 Å². The lowest BCUT2D eigenvalue weighted by molar-refractivity contribution is 0.174. The Kier molecular flexibility index (Phi) is 3.22. The molecular formula is C16H21N3O2. The Hall–Kier alpha value is -1.75. The van der Waals surface area contributed by atoms with Crippen LogP contribution in [0.25, 0.3) is 11.0 Å². The molecule has 0 spiro atoms. The van der Waals surface area contributed by atoms with Gasteiger partial charge in [0.05, 0.1) is 11.0 Å². The largest absolute Gasteiger partial charge is 0.454 e. The topological polar surface area (TPSA) is 48.3 Å². The fourth-order valence-electron chi connectivity index (χ4n) is 3.37. The second-order valence-corrected chi connectivity index (χ2v) is 5.94. The summed E-state index contributed by atoms with van der Waals surface area (Å²) in [4.78, 5) is 4.66. The van der Waals surface area contributed by atoms with Gasteiger partial charge in [0.2, 0.25) is 6.79 Å². The number of nitrogens with one attached hydrogen (secondary N) is 1. The number of nitrogens with zero attached hydrogens (tertiary/aromatic N) is 2. The zero-order valence-corrected chi connectivity index (χ0v) is 12.4. The summed E-state index contributed by atoms with van der Waals surface area (Å²) in [6.45, 7) is 4.54. The number of piperidine rings is 1. The van der Waals surface area contributed by atoms with Gasteiger partial charge < -0.3 is 19.4 Å². The van der Waals surface area contributed by atoms with Crippen LogP contribution in [0.1, 0.15) is 31.5 Å². The van der Waals surface area contributed by atoms with Crippen LogP contribution < -0.4 is 14.8 Å². The number of hydrogen-bond donors (Lipinski definition) is 1. The van der Waals surface area contributed by atoms with Gasteiger partial charge in [-0.2, -0.15) is 0 Å². The van der Waals surface area contributed by atoms with Gasteiger partial charge in [-0.05, 0) is 32.7 Å². The first-order valence-corrected chi connectivity index (χ1v) is 7.81. The van der Waals surface area contributed by atoms with Crippen molar-refractivity contribution < 1.29 is 9.47 Å². The molecular weight excluding hydrogens is 266 g/mol. The molecule has 1 unspecified atom stereocenters. The summed E-state index contributed by atoms with van der Waals surface area (Å²) in [7, 11) is 0. The Morgan fingerprint density at radius 1 is 1.29 bits per heavy atom. The van der Waals surface area contributed by atoms with Gasteiger partial charge in [-0.3, -0.25) is 0 Å². The third-order valence-electron chi connectivity index (χ3n) is 4.55. The van der Waals surface area contributed by atoms with Crippen molar-refractivity contribution in [1.82, 2.24) is 14.9 Å². The molecule has 112 valence electrons. The van der Waals surface area contributed by atoms with Crippen molar-refractivity contribution >= 4 is 11.0 Å². The number of aromatic nitrogens is 2. The first-order valence-electron chi connectivity index (χ1n) is 7.81. The third-order valence-corrected chi connectivity index (χ3v) is 4.55. The lowest BCUT2D eigenvalue weighted by Crippen LogP contribution is -2.34. The summed E-state index contributed by atoms with van der Waals surface area (Å²) in [5.74, 6) is 2.70. The van der Waals surface area contributed by atoms with E-state index in [1.807, 2.05) is 6.07 Å². The maximum Gasteiger partial charge on any atom is 0.231 e. The lowest BCUT2D eigenvalue weighted by Gasteiger charge is -2.23. The van der Waals surface area contributed by atoms with E-state index in [9.17, 15) is 0 Å². The average Bonchev–Trinajstić information content (AvgIpc) is 3.07. The maximum absolute atomic E-state index is 5.49. The molecule has 4 rings (SSSR count). The van der Waals surface area contributed by atoms with Crippen molar-refractivity contribution in [2.75, 3.05) is 13.3 Å². The maximum atomic E-state index is 5.49. The highest BCUT2D eigenvalue weighted by Gasteiger charge is 2.19. The van der Waals surface area contributed by atoms with Gasteiger partial charge in [0.1, 0.15) is 5.82 Å². The Morgan fingerprint density at radius 3 is 2.95 bits per heavy atom. The zero-order valence-electron chi connectivity index (χ0n) is 12.4. The normalized spacial score (nSPS) is 21.1. The van der Waals surface area contributed by atoms with Gasteiger partial charge in [0.25, 0.3) is 0 Å². The molecule has 0 radical (unpaired) electrons. The van der Waals surface area contributed by atoms with Crippen LogP contribution in [0.3, 0.4) is 0 Å². The van der Waals surface area contributed by atoms with E-state index in [1.54, 1.807) is 0 Å². The van der Waals surface area contributed by atoms with Crippen molar-refractivity contribution in [2.45, 2.75) is 45.2 Å². The summed E-state index contributed by atoms with van der Waals surface area (Å²) in [5.41, 5.74) is 2.14. The summed E-state index contributed by atoms with van der Waals surface area (Å²) < 4.78 is 13.2. The zero-order chi connectivity index (χ0) is 14.2. The summed E-state index contributed by atoms with van der Waals surface area (Å²) in [6.07, 6.45) is 5.10. The Bertz CT molecular complexity index is 659. The smallest absolute Gasteiger partial charge is 0.231 e. The number of aryl methyl sites for hydroxylation is 2. The average molecular weight is 287 g/mol. The van der Waals surface area contributed by atoms with E-state index in [0.717, 1.165) is 47.9 Å². The van der Waals surface area contributed by atoms with Crippen molar-refractivity contribution in [3.63, 3.8) is 0 Å². The van der Waals surface area contributed by atoms with Crippen molar-refractivity contribution in [3.05, 3.63) is 18.0 Å². The van der Waals surface area contributed by atoms with Crippen LogP contribution in [0.15, 0.2) is 12.1 Å². The minimum absolute atomic E-state index is 0.312. The first kappa shape index (κ1) is 13.0. The molecule has 1 fully saturated rings. The van der Waals surface area contributed by atoms with E-state index in [4.69, 9.17) is 9.47 Å². The van der Waals surface area contributed by atoms with Crippen molar-refractivity contribution in [1.29, 1.82) is 0 Å². The monoisotopic (exact) mass is 287 g/mol. The van der Waals surface area contributed by atoms with E-state index in [0.29, 0.717) is 12.8 Å². The van der Waals surface area contributed by atoms with E-state index in [2.05, 4.69) is 27.9 Å². The molecule has 1 saturated heterocycles. The predicted octanol–water partition coefficient (Wildman–Crippen LogP) is 2.61. The highest BCUT2D eigenvalue weighted by atomic mass is 16.7. The summed E-state index contributed by atoms with van der Waals surface area (Å²) >= 11 is 0. The minimum atomic E-state index is 0.312. The van der Waals surface area contributed by atoms with E-state index in [1.165, 1.54) is 19.3 Å². The molecule has 1 aromatic heterocycles. The molecule has 3 heterocycles. The second kappa shape index (κ2) is 5.22. The highest BCUT2D eigenvalue weighted by molar-refractivity contribution is 5.81.